The van der Waals surface area contributed by atoms with Crippen LogP contribution in [0.2, 0.25) is 5.02 Å². The van der Waals surface area contributed by atoms with E-state index in [0.717, 1.165) is 25.9 Å². The Hall–Kier alpha value is -2.14. The van der Waals surface area contributed by atoms with Crippen molar-refractivity contribution < 1.29 is 9.18 Å². The van der Waals surface area contributed by atoms with Gasteiger partial charge in [-0.2, -0.15) is 0 Å². The summed E-state index contributed by atoms with van der Waals surface area (Å²) in [6, 6.07) is 7.81. The smallest absolute Gasteiger partial charge is 0.257 e. The number of nitrogens with one attached hydrogen (secondary N) is 1. The van der Waals surface area contributed by atoms with Crippen LogP contribution in [-0.2, 0) is 0 Å². The van der Waals surface area contributed by atoms with Gasteiger partial charge >= 0.3 is 0 Å². The number of hydrogen-bond acceptors (Lipinski definition) is 3. The maximum absolute atomic E-state index is 13.3. The first-order valence-corrected chi connectivity index (χ1v) is 8.39. The van der Waals surface area contributed by atoms with Gasteiger partial charge in [-0.1, -0.05) is 18.5 Å². The quantitative estimate of drug-likeness (QED) is 0.889. The van der Waals surface area contributed by atoms with Crippen LogP contribution < -0.4 is 5.32 Å². The molecule has 0 atom stereocenters. The summed E-state index contributed by atoms with van der Waals surface area (Å²) in [4.78, 5) is 18.9. The minimum Gasteiger partial charge on any atom is -0.340 e. The molecule has 0 aliphatic carbocycles. The Morgan fingerprint density at radius 2 is 2.08 bits per heavy atom. The predicted molar refractivity (Wildman–Crippen MR) is 93.2 cm³/mol. The first-order chi connectivity index (χ1) is 11.5. The van der Waals surface area contributed by atoms with E-state index in [4.69, 9.17) is 11.6 Å². The van der Waals surface area contributed by atoms with Crippen LogP contribution in [0.25, 0.3) is 0 Å². The molecule has 126 valence electrons. The summed E-state index contributed by atoms with van der Waals surface area (Å²) in [6.45, 7) is 3.73. The predicted octanol–water partition coefficient (Wildman–Crippen LogP) is 4.49. The fourth-order valence-electron chi connectivity index (χ4n) is 2.77. The molecule has 0 unspecified atom stereocenters. The van der Waals surface area contributed by atoms with Crippen molar-refractivity contribution in [1.82, 2.24) is 9.88 Å². The summed E-state index contributed by atoms with van der Waals surface area (Å²) in [7, 11) is 0. The highest BCUT2D eigenvalue weighted by atomic mass is 35.5. The van der Waals surface area contributed by atoms with Crippen LogP contribution >= 0.6 is 11.6 Å². The maximum atomic E-state index is 13.3. The summed E-state index contributed by atoms with van der Waals surface area (Å²) < 4.78 is 13.3. The number of piperidine rings is 1. The molecule has 24 heavy (non-hydrogen) atoms. The molecule has 1 fully saturated rings. The first-order valence-electron chi connectivity index (χ1n) is 8.01. The summed E-state index contributed by atoms with van der Waals surface area (Å²) in [6.07, 6.45) is 3.65. The van der Waals surface area contributed by atoms with Gasteiger partial charge in [-0.3, -0.25) is 4.79 Å². The van der Waals surface area contributed by atoms with Crippen LogP contribution in [-0.4, -0.2) is 28.9 Å². The van der Waals surface area contributed by atoms with Gasteiger partial charge in [0.1, 0.15) is 11.6 Å². The number of halogens is 2. The van der Waals surface area contributed by atoms with Crippen molar-refractivity contribution in [2.24, 2.45) is 5.92 Å². The molecular weight excluding hydrogens is 329 g/mol. The summed E-state index contributed by atoms with van der Waals surface area (Å²) >= 11 is 5.81. The molecule has 0 saturated carbocycles. The lowest BCUT2D eigenvalue weighted by Crippen LogP contribution is -2.38. The Morgan fingerprint density at radius 1 is 1.33 bits per heavy atom. The number of pyridine rings is 1. The molecule has 6 heteroatoms. The number of carbonyl (C=O) groups is 1. The fourth-order valence-corrected chi connectivity index (χ4v) is 2.95. The fraction of sp³-hybridized carbons (Fsp3) is 0.333. The summed E-state index contributed by atoms with van der Waals surface area (Å²) in [5, 5.41) is 3.08. The molecule has 1 aromatic carbocycles. The van der Waals surface area contributed by atoms with E-state index >= 15 is 0 Å². The van der Waals surface area contributed by atoms with E-state index in [9.17, 15) is 9.18 Å². The standard InChI is InChI=1S/C18H19ClFN3O/c1-12-6-9-23(10-7-12)18(24)14-3-2-8-21-17(14)22-13-4-5-16(20)15(19)11-13/h2-5,8,11-12H,6-7,9-10H2,1H3,(H,21,22). The van der Waals surface area contributed by atoms with Crippen LogP contribution in [0.15, 0.2) is 36.5 Å². The third-order valence-corrected chi connectivity index (χ3v) is 4.58. The number of benzene rings is 1. The van der Waals surface area contributed by atoms with E-state index in [1.165, 1.54) is 12.1 Å². The zero-order valence-electron chi connectivity index (χ0n) is 13.4. The van der Waals surface area contributed by atoms with Crippen molar-refractivity contribution in [3.05, 3.63) is 52.9 Å². The van der Waals surface area contributed by atoms with Gasteiger partial charge in [0, 0.05) is 25.0 Å². The van der Waals surface area contributed by atoms with E-state index in [1.807, 2.05) is 4.90 Å². The number of likely N-dealkylation sites (tertiary alicyclic amines) is 1. The van der Waals surface area contributed by atoms with E-state index in [0.29, 0.717) is 23.0 Å². The van der Waals surface area contributed by atoms with Crippen molar-refractivity contribution in [3.63, 3.8) is 0 Å². The number of hydrogen-bond donors (Lipinski definition) is 1. The van der Waals surface area contributed by atoms with Gasteiger partial charge in [0.25, 0.3) is 5.91 Å². The first kappa shape index (κ1) is 16.7. The van der Waals surface area contributed by atoms with E-state index in [2.05, 4.69) is 17.2 Å². The monoisotopic (exact) mass is 347 g/mol. The van der Waals surface area contributed by atoms with Gasteiger partial charge in [-0.25, -0.2) is 9.37 Å². The topological polar surface area (TPSA) is 45.2 Å². The minimum absolute atomic E-state index is 0.0221. The lowest BCUT2D eigenvalue weighted by Gasteiger charge is -2.30. The largest absolute Gasteiger partial charge is 0.340 e. The minimum atomic E-state index is -0.484. The van der Waals surface area contributed by atoms with Gasteiger partial charge in [0.2, 0.25) is 0 Å². The Balaban J connectivity index is 1.82. The number of aromatic nitrogens is 1. The number of amides is 1. The normalized spacial score (nSPS) is 15.4. The van der Waals surface area contributed by atoms with Crippen LogP contribution in [0.4, 0.5) is 15.9 Å². The van der Waals surface area contributed by atoms with Gasteiger partial charge in [0.05, 0.1) is 10.6 Å². The molecule has 1 aliphatic rings. The second-order valence-electron chi connectivity index (χ2n) is 6.13. The molecule has 4 nitrogen and oxygen atoms in total. The molecule has 0 spiro atoms. The van der Waals surface area contributed by atoms with Crippen molar-refractivity contribution in [2.75, 3.05) is 18.4 Å². The SMILES string of the molecule is CC1CCN(C(=O)c2cccnc2Nc2ccc(F)c(Cl)c2)CC1. The number of carbonyl (C=O) groups excluding carboxylic acids is 1. The zero-order chi connectivity index (χ0) is 17.1. The van der Waals surface area contributed by atoms with Crippen LogP contribution in [0, 0.1) is 11.7 Å². The van der Waals surface area contributed by atoms with E-state index in [1.54, 1.807) is 24.4 Å². The highest BCUT2D eigenvalue weighted by Gasteiger charge is 2.23. The van der Waals surface area contributed by atoms with E-state index < -0.39 is 5.82 Å². The third kappa shape index (κ3) is 3.67. The molecular formula is C18H19ClFN3O. The second kappa shape index (κ2) is 7.18. The summed E-state index contributed by atoms with van der Waals surface area (Å²) in [5.74, 6) is 0.582. The molecule has 0 radical (unpaired) electrons. The summed E-state index contributed by atoms with van der Waals surface area (Å²) in [5.41, 5.74) is 1.09. The van der Waals surface area contributed by atoms with E-state index in [-0.39, 0.29) is 10.9 Å². The lowest BCUT2D eigenvalue weighted by atomic mass is 9.98. The molecule has 0 bridgehead atoms. The molecule has 1 saturated heterocycles. The van der Waals surface area contributed by atoms with Crippen LogP contribution in [0.1, 0.15) is 30.1 Å². The number of nitrogens with zero attached hydrogens (tertiary/aromatic N) is 2. The average molecular weight is 348 g/mol. The van der Waals surface area contributed by atoms with Gasteiger partial charge in [-0.15, -0.1) is 0 Å². The van der Waals surface area contributed by atoms with Crippen LogP contribution in [0.5, 0.6) is 0 Å². The highest BCUT2D eigenvalue weighted by Crippen LogP contribution is 2.25. The van der Waals surface area contributed by atoms with Crippen molar-refractivity contribution in [2.45, 2.75) is 19.8 Å². The van der Waals surface area contributed by atoms with Gasteiger partial charge in [-0.05, 0) is 49.1 Å². The van der Waals surface area contributed by atoms with Crippen molar-refractivity contribution in [3.8, 4) is 0 Å². The second-order valence-corrected chi connectivity index (χ2v) is 6.54. The Morgan fingerprint density at radius 3 is 2.79 bits per heavy atom. The number of anilines is 2. The Labute approximate surface area is 145 Å². The van der Waals surface area contributed by atoms with Gasteiger partial charge < -0.3 is 10.2 Å². The zero-order valence-corrected chi connectivity index (χ0v) is 14.2. The van der Waals surface area contributed by atoms with Crippen molar-refractivity contribution in [1.29, 1.82) is 0 Å². The molecule has 1 aromatic heterocycles. The highest BCUT2D eigenvalue weighted by molar-refractivity contribution is 6.31. The van der Waals surface area contributed by atoms with Crippen LogP contribution in [0.3, 0.4) is 0 Å². The maximum Gasteiger partial charge on any atom is 0.257 e. The van der Waals surface area contributed by atoms with Crippen molar-refractivity contribution >= 4 is 29.0 Å². The molecule has 1 amide bonds. The molecule has 2 heterocycles. The molecule has 3 rings (SSSR count). The molecule has 1 aliphatic heterocycles. The molecule has 2 aromatic rings. The van der Waals surface area contributed by atoms with Gasteiger partial charge in [0.15, 0.2) is 0 Å². The number of rotatable bonds is 3. The Bertz CT molecular complexity index is 745. The lowest BCUT2D eigenvalue weighted by molar-refractivity contribution is 0.0698. The Kier molecular flexibility index (Phi) is 5.00. The average Bonchev–Trinajstić information content (AvgIpc) is 2.59. The molecule has 1 N–H and O–H groups in total. The third-order valence-electron chi connectivity index (χ3n) is 4.29.